The Kier molecular flexibility index (Phi) is 4.50. The van der Waals surface area contributed by atoms with E-state index in [1.807, 2.05) is 0 Å². The molecular weight excluding hydrogens is 269 g/mol. The molecule has 0 radical (unpaired) electrons. The van der Waals surface area contributed by atoms with Crippen LogP contribution in [0.2, 0.25) is 0 Å². The van der Waals surface area contributed by atoms with Crippen LogP contribution in [0.3, 0.4) is 0 Å². The van der Waals surface area contributed by atoms with Gasteiger partial charge in [-0.1, -0.05) is 12.1 Å². The molecule has 0 heterocycles. The molecule has 0 saturated carbocycles. The van der Waals surface area contributed by atoms with Gasteiger partial charge < -0.3 is 5.11 Å². The zero-order valence-electron chi connectivity index (χ0n) is 9.40. The van der Waals surface area contributed by atoms with Crippen LogP contribution in [0.1, 0.15) is 18.1 Å². The van der Waals surface area contributed by atoms with Gasteiger partial charge in [-0.25, -0.2) is 0 Å². The smallest absolute Gasteiger partial charge is 0.416 e. The molecule has 0 saturated heterocycles. The Morgan fingerprint density at radius 2 is 1.83 bits per heavy atom. The van der Waals surface area contributed by atoms with Crippen LogP contribution in [0.5, 0.6) is 0 Å². The van der Waals surface area contributed by atoms with Crippen molar-refractivity contribution in [2.75, 3.05) is 0 Å². The van der Waals surface area contributed by atoms with Crippen molar-refractivity contribution in [3.63, 3.8) is 0 Å². The Hall–Kier alpha value is -1.37. The van der Waals surface area contributed by atoms with Gasteiger partial charge in [-0.3, -0.25) is 9.00 Å². The van der Waals surface area contributed by atoms with Crippen LogP contribution in [0.15, 0.2) is 24.3 Å². The van der Waals surface area contributed by atoms with E-state index in [9.17, 15) is 22.2 Å². The van der Waals surface area contributed by atoms with Crippen molar-refractivity contribution in [3.05, 3.63) is 35.4 Å². The van der Waals surface area contributed by atoms with Crippen molar-refractivity contribution < 1.29 is 27.3 Å². The number of aliphatic carboxylic acids is 1. The van der Waals surface area contributed by atoms with Crippen LogP contribution in [0, 0.1) is 0 Å². The summed E-state index contributed by atoms with van der Waals surface area (Å²) in [7, 11) is -1.65. The maximum Gasteiger partial charge on any atom is 0.416 e. The largest absolute Gasteiger partial charge is 0.480 e. The van der Waals surface area contributed by atoms with E-state index in [1.54, 1.807) is 0 Å². The maximum atomic E-state index is 12.3. The molecule has 1 N–H and O–H groups in total. The second-order valence-electron chi connectivity index (χ2n) is 3.70. The third-order valence-corrected chi connectivity index (χ3v) is 3.94. The Labute approximate surface area is 104 Å². The van der Waals surface area contributed by atoms with E-state index in [0.717, 1.165) is 12.1 Å². The van der Waals surface area contributed by atoms with E-state index < -0.39 is 33.8 Å². The SMILES string of the molecule is CC(C(=O)O)S(=O)Cc1ccc(C(F)(F)F)cc1. The lowest BCUT2D eigenvalue weighted by Gasteiger charge is -2.09. The second-order valence-corrected chi connectivity index (χ2v) is 5.46. The summed E-state index contributed by atoms with van der Waals surface area (Å²) in [6, 6.07) is 4.18. The highest BCUT2D eigenvalue weighted by atomic mass is 32.2. The topological polar surface area (TPSA) is 54.4 Å². The van der Waals surface area contributed by atoms with E-state index in [1.165, 1.54) is 19.1 Å². The molecule has 0 aromatic heterocycles. The first-order chi connectivity index (χ1) is 8.21. The number of halogens is 3. The maximum absolute atomic E-state index is 12.3. The summed E-state index contributed by atoms with van der Waals surface area (Å²) in [5.74, 6) is -1.27. The summed E-state index contributed by atoms with van der Waals surface area (Å²) in [6.45, 7) is 1.29. The van der Waals surface area contributed by atoms with Crippen LogP contribution in [-0.4, -0.2) is 20.5 Å². The number of carboxylic acids is 1. The molecule has 3 nitrogen and oxygen atoms in total. The minimum atomic E-state index is -4.41. The van der Waals surface area contributed by atoms with Crippen LogP contribution < -0.4 is 0 Å². The quantitative estimate of drug-likeness (QED) is 0.921. The molecule has 0 bridgehead atoms. The van der Waals surface area contributed by atoms with Crippen LogP contribution in [0.25, 0.3) is 0 Å². The molecule has 0 fully saturated rings. The van der Waals surface area contributed by atoms with E-state index >= 15 is 0 Å². The van der Waals surface area contributed by atoms with Gasteiger partial charge in [0, 0.05) is 16.6 Å². The molecular formula is C11H11F3O3S. The zero-order valence-corrected chi connectivity index (χ0v) is 10.2. The molecule has 1 rings (SSSR count). The van der Waals surface area contributed by atoms with Crippen molar-refractivity contribution >= 4 is 16.8 Å². The summed E-state index contributed by atoms with van der Waals surface area (Å²) in [5, 5.41) is 7.59. The molecule has 1 aromatic rings. The van der Waals surface area contributed by atoms with Crippen molar-refractivity contribution in [3.8, 4) is 0 Å². The van der Waals surface area contributed by atoms with E-state index in [-0.39, 0.29) is 5.75 Å². The van der Waals surface area contributed by atoms with Crippen LogP contribution in [-0.2, 0) is 27.5 Å². The van der Waals surface area contributed by atoms with Gasteiger partial charge in [0.15, 0.2) is 0 Å². The lowest BCUT2D eigenvalue weighted by atomic mass is 10.1. The Bertz CT molecular complexity index is 454. The fraction of sp³-hybridized carbons (Fsp3) is 0.364. The van der Waals surface area contributed by atoms with E-state index in [4.69, 9.17) is 5.11 Å². The molecule has 0 spiro atoms. The van der Waals surface area contributed by atoms with Gasteiger partial charge in [0.2, 0.25) is 0 Å². The molecule has 1 aromatic carbocycles. The third-order valence-electron chi connectivity index (χ3n) is 2.33. The Balaban J connectivity index is 2.76. The first-order valence-corrected chi connectivity index (χ1v) is 6.36. The van der Waals surface area contributed by atoms with Gasteiger partial charge in [0.25, 0.3) is 0 Å². The number of carboxylic acid groups (broad SMARTS) is 1. The predicted molar refractivity (Wildman–Crippen MR) is 60.4 cm³/mol. The predicted octanol–water partition coefficient (Wildman–Crippen LogP) is 2.43. The van der Waals surface area contributed by atoms with Crippen molar-refractivity contribution in [1.29, 1.82) is 0 Å². The molecule has 2 unspecified atom stereocenters. The Morgan fingerprint density at radius 1 is 1.33 bits per heavy atom. The van der Waals surface area contributed by atoms with Crippen LogP contribution in [0.4, 0.5) is 13.2 Å². The average molecular weight is 280 g/mol. The molecule has 18 heavy (non-hydrogen) atoms. The molecule has 7 heteroatoms. The van der Waals surface area contributed by atoms with E-state index in [2.05, 4.69) is 0 Å². The molecule has 0 aliphatic carbocycles. The van der Waals surface area contributed by atoms with E-state index in [0.29, 0.717) is 5.56 Å². The minimum absolute atomic E-state index is 0.0778. The third kappa shape index (κ3) is 3.83. The standard InChI is InChI=1S/C11H11F3O3S/c1-7(10(15)16)18(17)6-8-2-4-9(5-3-8)11(12,13)14/h2-5,7H,6H2,1H3,(H,15,16). The van der Waals surface area contributed by atoms with Gasteiger partial charge in [0.1, 0.15) is 5.25 Å². The van der Waals surface area contributed by atoms with Gasteiger partial charge >= 0.3 is 12.1 Å². The van der Waals surface area contributed by atoms with Gasteiger partial charge in [-0.15, -0.1) is 0 Å². The highest BCUT2D eigenvalue weighted by Gasteiger charge is 2.30. The lowest BCUT2D eigenvalue weighted by Crippen LogP contribution is -2.22. The fourth-order valence-electron chi connectivity index (χ4n) is 1.19. The average Bonchev–Trinajstić information content (AvgIpc) is 2.27. The zero-order chi connectivity index (χ0) is 13.9. The normalized spacial score (nSPS) is 15.1. The highest BCUT2D eigenvalue weighted by Crippen LogP contribution is 2.29. The van der Waals surface area contributed by atoms with Gasteiger partial charge in [0.05, 0.1) is 5.56 Å². The number of carbonyl (C=O) groups is 1. The summed E-state index contributed by atoms with van der Waals surface area (Å²) in [4.78, 5) is 10.6. The fourth-order valence-corrected chi connectivity index (χ4v) is 2.19. The minimum Gasteiger partial charge on any atom is -0.480 e. The van der Waals surface area contributed by atoms with Crippen LogP contribution >= 0.6 is 0 Å². The molecule has 100 valence electrons. The number of hydrogen-bond donors (Lipinski definition) is 1. The molecule has 0 aliphatic rings. The summed E-state index contributed by atoms with van der Waals surface area (Å²) >= 11 is 0. The summed E-state index contributed by atoms with van der Waals surface area (Å²) in [6.07, 6.45) is -4.41. The Morgan fingerprint density at radius 3 is 2.22 bits per heavy atom. The van der Waals surface area contributed by atoms with Crippen molar-refractivity contribution in [1.82, 2.24) is 0 Å². The second kappa shape index (κ2) is 5.51. The van der Waals surface area contributed by atoms with Crippen molar-refractivity contribution in [2.24, 2.45) is 0 Å². The van der Waals surface area contributed by atoms with Gasteiger partial charge in [-0.2, -0.15) is 13.2 Å². The molecule has 0 aliphatic heterocycles. The van der Waals surface area contributed by atoms with Gasteiger partial charge in [-0.05, 0) is 24.6 Å². The molecule has 2 atom stereocenters. The molecule has 0 amide bonds. The highest BCUT2D eigenvalue weighted by molar-refractivity contribution is 7.85. The number of alkyl halides is 3. The lowest BCUT2D eigenvalue weighted by molar-refractivity contribution is -0.138. The first kappa shape index (κ1) is 14.7. The number of hydrogen-bond acceptors (Lipinski definition) is 2. The monoisotopic (exact) mass is 280 g/mol. The first-order valence-electron chi connectivity index (χ1n) is 4.98. The number of rotatable bonds is 4. The number of benzene rings is 1. The van der Waals surface area contributed by atoms with Crippen molar-refractivity contribution in [2.45, 2.75) is 24.1 Å². The summed E-state index contributed by atoms with van der Waals surface area (Å²) in [5.41, 5.74) is -0.377. The summed E-state index contributed by atoms with van der Waals surface area (Å²) < 4.78 is 48.4.